The van der Waals surface area contributed by atoms with E-state index < -0.39 is 0 Å². The summed E-state index contributed by atoms with van der Waals surface area (Å²) in [5.74, 6) is 1.50. The lowest BCUT2D eigenvalue weighted by molar-refractivity contribution is -0.126. The van der Waals surface area contributed by atoms with Crippen LogP contribution in [0.5, 0.6) is 0 Å². The number of fused-ring (bicyclic) bond motifs is 1. The Labute approximate surface area is 118 Å². The maximum atomic E-state index is 12.3. The molecule has 19 heavy (non-hydrogen) atoms. The third-order valence-corrected chi connectivity index (χ3v) is 5.04. The number of hydrogen-bond donors (Lipinski definition) is 1. The Morgan fingerprint density at radius 1 is 1.21 bits per heavy atom. The summed E-state index contributed by atoms with van der Waals surface area (Å²) in [7, 11) is 0. The third kappa shape index (κ3) is 2.86. The molecular formula is C16H19NOS. The molecule has 2 atom stereocenters. The molecule has 100 valence electrons. The molecular weight excluding hydrogens is 254 g/mol. The Kier molecular flexibility index (Phi) is 3.92. The van der Waals surface area contributed by atoms with E-state index in [0.717, 1.165) is 31.4 Å². The summed E-state index contributed by atoms with van der Waals surface area (Å²) in [6.07, 6.45) is 8.28. The predicted molar refractivity (Wildman–Crippen MR) is 79.1 cm³/mol. The van der Waals surface area contributed by atoms with E-state index in [1.54, 1.807) is 0 Å². The van der Waals surface area contributed by atoms with Crippen molar-refractivity contribution in [3.63, 3.8) is 0 Å². The first kappa shape index (κ1) is 12.8. The maximum Gasteiger partial charge on any atom is 0.223 e. The van der Waals surface area contributed by atoms with Gasteiger partial charge in [-0.05, 0) is 37.3 Å². The zero-order valence-electron chi connectivity index (χ0n) is 11.0. The van der Waals surface area contributed by atoms with Crippen molar-refractivity contribution in [3.05, 3.63) is 42.0 Å². The Morgan fingerprint density at radius 2 is 2.11 bits per heavy atom. The van der Waals surface area contributed by atoms with Gasteiger partial charge in [0.05, 0.1) is 6.04 Å². The van der Waals surface area contributed by atoms with Crippen molar-refractivity contribution in [2.45, 2.75) is 36.6 Å². The highest BCUT2D eigenvalue weighted by atomic mass is 32.2. The molecule has 1 N–H and O–H groups in total. The molecule has 0 fully saturated rings. The number of rotatable bonds is 2. The van der Waals surface area contributed by atoms with Gasteiger partial charge in [-0.1, -0.05) is 30.4 Å². The number of hydrogen-bond acceptors (Lipinski definition) is 2. The molecule has 1 aromatic carbocycles. The van der Waals surface area contributed by atoms with Gasteiger partial charge in [-0.3, -0.25) is 4.79 Å². The largest absolute Gasteiger partial charge is 0.349 e. The van der Waals surface area contributed by atoms with Crippen LogP contribution in [0.4, 0.5) is 0 Å². The summed E-state index contributed by atoms with van der Waals surface area (Å²) in [5.41, 5.74) is 1.29. The number of benzene rings is 1. The predicted octanol–water partition coefficient (Wildman–Crippen LogP) is 3.70. The van der Waals surface area contributed by atoms with Crippen LogP contribution in [-0.4, -0.2) is 11.7 Å². The molecule has 0 unspecified atom stereocenters. The zero-order valence-corrected chi connectivity index (χ0v) is 11.8. The highest BCUT2D eigenvalue weighted by Crippen LogP contribution is 2.36. The fraction of sp³-hybridized carbons (Fsp3) is 0.438. The molecule has 2 aliphatic rings. The summed E-state index contributed by atoms with van der Waals surface area (Å²) >= 11 is 1.89. The lowest BCUT2D eigenvalue weighted by Crippen LogP contribution is -2.35. The van der Waals surface area contributed by atoms with Crippen molar-refractivity contribution >= 4 is 17.7 Å². The van der Waals surface area contributed by atoms with Crippen molar-refractivity contribution < 1.29 is 4.79 Å². The van der Waals surface area contributed by atoms with Crippen LogP contribution in [-0.2, 0) is 4.79 Å². The molecule has 0 saturated carbocycles. The molecule has 0 radical (unpaired) electrons. The topological polar surface area (TPSA) is 29.1 Å². The van der Waals surface area contributed by atoms with Crippen LogP contribution in [0, 0.1) is 5.92 Å². The number of nitrogens with one attached hydrogen (secondary N) is 1. The summed E-state index contributed by atoms with van der Waals surface area (Å²) < 4.78 is 0. The average Bonchev–Trinajstić information content (AvgIpc) is 2.48. The normalized spacial score (nSPS) is 25.7. The van der Waals surface area contributed by atoms with Gasteiger partial charge in [0, 0.05) is 16.6 Å². The number of amides is 1. The van der Waals surface area contributed by atoms with Crippen LogP contribution in [0.1, 0.15) is 37.3 Å². The molecule has 1 aliphatic carbocycles. The molecule has 0 aromatic heterocycles. The van der Waals surface area contributed by atoms with Gasteiger partial charge in [-0.15, -0.1) is 11.8 Å². The minimum absolute atomic E-state index is 0.173. The molecule has 0 spiro atoms. The van der Waals surface area contributed by atoms with Gasteiger partial charge in [-0.25, -0.2) is 0 Å². The van der Waals surface area contributed by atoms with Crippen LogP contribution >= 0.6 is 11.8 Å². The van der Waals surface area contributed by atoms with Gasteiger partial charge in [0.25, 0.3) is 0 Å². The molecule has 1 amide bonds. The van der Waals surface area contributed by atoms with Crippen molar-refractivity contribution in [2.24, 2.45) is 5.92 Å². The van der Waals surface area contributed by atoms with Crippen LogP contribution in [0.3, 0.4) is 0 Å². The zero-order chi connectivity index (χ0) is 13.1. The average molecular weight is 273 g/mol. The lowest BCUT2D eigenvalue weighted by atomic mass is 9.92. The number of carbonyl (C=O) groups excluding carboxylic acids is 1. The molecule has 0 bridgehead atoms. The van der Waals surface area contributed by atoms with E-state index in [9.17, 15) is 4.79 Å². The highest BCUT2D eigenvalue weighted by molar-refractivity contribution is 7.99. The smallest absolute Gasteiger partial charge is 0.223 e. The first-order valence-electron chi connectivity index (χ1n) is 7.01. The number of carbonyl (C=O) groups is 1. The monoisotopic (exact) mass is 273 g/mol. The van der Waals surface area contributed by atoms with E-state index in [1.165, 1.54) is 10.5 Å². The lowest BCUT2D eigenvalue weighted by Gasteiger charge is -2.28. The summed E-state index contributed by atoms with van der Waals surface area (Å²) in [6, 6.07) is 8.64. The third-order valence-electron chi connectivity index (χ3n) is 3.91. The first-order valence-corrected chi connectivity index (χ1v) is 8.00. The quantitative estimate of drug-likeness (QED) is 0.833. The van der Waals surface area contributed by atoms with Gasteiger partial charge in [0.15, 0.2) is 0 Å². The minimum Gasteiger partial charge on any atom is -0.349 e. The Hall–Kier alpha value is -1.22. The van der Waals surface area contributed by atoms with Gasteiger partial charge < -0.3 is 5.32 Å². The second-order valence-electron chi connectivity index (χ2n) is 5.22. The molecule has 3 heteroatoms. The van der Waals surface area contributed by atoms with Gasteiger partial charge >= 0.3 is 0 Å². The maximum absolute atomic E-state index is 12.3. The van der Waals surface area contributed by atoms with Crippen LogP contribution < -0.4 is 5.32 Å². The van der Waals surface area contributed by atoms with Crippen LogP contribution in [0.25, 0.3) is 0 Å². The fourth-order valence-corrected chi connectivity index (χ4v) is 3.94. The van der Waals surface area contributed by atoms with Crippen molar-refractivity contribution in [1.82, 2.24) is 5.32 Å². The SMILES string of the molecule is O=C(N[C@H]1CCSc2ccccc21)[C@@H]1CC=CCC1. The van der Waals surface area contributed by atoms with E-state index in [1.807, 2.05) is 11.8 Å². The van der Waals surface area contributed by atoms with Crippen molar-refractivity contribution in [3.8, 4) is 0 Å². The van der Waals surface area contributed by atoms with Crippen LogP contribution in [0.15, 0.2) is 41.3 Å². The Morgan fingerprint density at radius 3 is 2.95 bits per heavy atom. The first-order chi connectivity index (χ1) is 9.34. The molecule has 1 aliphatic heterocycles. The minimum atomic E-state index is 0.173. The molecule has 0 saturated heterocycles. The number of allylic oxidation sites excluding steroid dienone is 2. The summed E-state index contributed by atoms with van der Waals surface area (Å²) in [6.45, 7) is 0. The van der Waals surface area contributed by atoms with E-state index in [0.29, 0.717) is 0 Å². The van der Waals surface area contributed by atoms with Crippen LogP contribution in [0.2, 0.25) is 0 Å². The second-order valence-corrected chi connectivity index (χ2v) is 6.35. The molecule has 2 nitrogen and oxygen atoms in total. The molecule has 3 rings (SSSR count). The van der Waals surface area contributed by atoms with Crippen molar-refractivity contribution in [1.29, 1.82) is 0 Å². The van der Waals surface area contributed by atoms with E-state index in [-0.39, 0.29) is 17.9 Å². The van der Waals surface area contributed by atoms with E-state index in [4.69, 9.17) is 0 Å². The molecule has 1 heterocycles. The highest BCUT2D eigenvalue weighted by Gasteiger charge is 2.25. The summed E-state index contributed by atoms with van der Waals surface area (Å²) in [5, 5.41) is 3.26. The van der Waals surface area contributed by atoms with Gasteiger partial charge in [0.1, 0.15) is 0 Å². The van der Waals surface area contributed by atoms with Gasteiger partial charge in [0.2, 0.25) is 5.91 Å². The molecule has 1 aromatic rings. The van der Waals surface area contributed by atoms with Gasteiger partial charge in [-0.2, -0.15) is 0 Å². The van der Waals surface area contributed by atoms with Crippen molar-refractivity contribution in [2.75, 3.05) is 5.75 Å². The fourth-order valence-electron chi connectivity index (χ4n) is 2.81. The van der Waals surface area contributed by atoms with E-state index >= 15 is 0 Å². The Balaban J connectivity index is 1.70. The standard InChI is InChI=1S/C16H19NOS/c18-16(12-6-2-1-3-7-12)17-14-10-11-19-15-9-5-4-8-13(14)15/h1-2,4-5,8-9,12,14H,3,6-7,10-11H2,(H,17,18)/t12-,14+/m1/s1. The summed E-state index contributed by atoms with van der Waals surface area (Å²) in [4.78, 5) is 13.6. The second kappa shape index (κ2) is 5.83. The van der Waals surface area contributed by atoms with E-state index in [2.05, 4.69) is 41.7 Å². The number of thioether (sulfide) groups is 1. The Bertz CT molecular complexity index is 497.